The molecule has 3 rings (SSSR count). The Labute approximate surface area is 194 Å². The van der Waals surface area contributed by atoms with Crippen molar-refractivity contribution in [2.45, 2.75) is 52.4 Å². The fourth-order valence-electron chi connectivity index (χ4n) is 4.26. The van der Waals surface area contributed by atoms with Crippen molar-refractivity contribution in [3.8, 4) is 0 Å². The molecule has 1 fully saturated rings. The van der Waals surface area contributed by atoms with Gasteiger partial charge in [-0.1, -0.05) is 79.4 Å². The molecule has 1 aliphatic rings. The molecule has 0 aliphatic carbocycles. The summed E-state index contributed by atoms with van der Waals surface area (Å²) < 4.78 is 0. The number of unbranched alkanes of at least 4 members (excludes halogenated alkanes) is 2. The molecule has 2 amide bonds. The molecule has 32 heavy (non-hydrogen) atoms. The molecule has 0 atom stereocenters. The van der Waals surface area contributed by atoms with E-state index in [0.717, 1.165) is 51.0 Å². The summed E-state index contributed by atoms with van der Waals surface area (Å²) >= 11 is 0. The number of carbonyl (C=O) groups excluding carboxylic acids is 1. The second-order valence-electron chi connectivity index (χ2n) is 9.04. The number of nitrogens with zero attached hydrogens (tertiary/aromatic N) is 1. The molecule has 0 aromatic heterocycles. The number of carbonyl (C=O) groups is 1. The molecular weight excluding hydrogens is 394 g/mol. The summed E-state index contributed by atoms with van der Waals surface area (Å²) in [7, 11) is 0. The maximum atomic E-state index is 13.4. The Morgan fingerprint density at radius 2 is 1.78 bits per heavy atom. The Balaban J connectivity index is 1.77. The fourth-order valence-corrected chi connectivity index (χ4v) is 4.26. The van der Waals surface area contributed by atoms with Crippen LogP contribution in [0.2, 0.25) is 0 Å². The van der Waals surface area contributed by atoms with Crippen LogP contribution in [0.25, 0.3) is 6.08 Å². The molecule has 0 bridgehead atoms. The lowest BCUT2D eigenvalue weighted by Crippen LogP contribution is -2.42. The molecule has 2 N–H and O–H groups in total. The zero-order valence-electron chi connectivity index (χ0n) is 19.8. The van der Waals surface area contributed by atoms with E-state index < -0.39 is 0 Å². The van der Waals surface area contributed by atoms with Crippen molar-refractivity contribution in [3.63, 3.8) is 0 Å². The SMILES string of the molecule is CCCCC/C(=C\c1ccccc1)CN(CC1CCNCC1)C(=O)Nc1ccc(C)cc1. The summed E-state index contributed by atoms with van der Waals surface area (Å²) in [5.41, 5.74) is 4.59. The predicted octanol–water partition coefficient (Wildman–Crippen LogP) is 6.49. The number of nitrogens with one attached hydrogen (secondary N) is 2. The third-order valence-electron chi connectivity index (χ3n) is 6.19. The van der Waals surface area contributed by atoms with Gasteiger partial charge in [0.2, 0.25) is 0 Å². The van der Waals surface area contributed by atoms with Gasteiger partial charge in [0.1, 0.15) is 0 Å². The normalized spacial score (nSPS) is 14.9. The highest BCUT2D eigenvalue weighted by Gasteiger charge is 2.22. The van der Waals surface area contributed by atoms with Crippen molar-refractivity contribution < 1.29 is 4.79 Å². The lowest BCUT2D eigenvalue weighted by atomic mass is 9.97. The van der Waals surface area contributed by atoms with Crippen LogP contribution in [0.5, 0.6) is 0 Å². The van der Waals surface area contributed by atoms with Gasteiger partial charge in [0, 0.05) is 18.8 Å². The first-order chi connectivity index (χ1) is 15.6. The molecule has 0 saturated carbocycles. The van der Waals surface area contributed by atoms with Crippen LogP contribution in [0, 0.1) is 12.8 Å². The van der Waals surface area contributed by atoms with Crippen LogP contribution in [-0.4, -0.2) is 37.1 Å². The van der Waals surface area contributed by atoms with Gasteiger partial charge in [0.05, 0.1) is 0 Å². The lowest BCUT2D eigenvalue weighted by molar-refractivity contribution is 0.197. The minimum Gasteiger partial charge on any atom is -0.320 e. The van der Waals surface area contributed by atoms with E-state index in [4.69, 9.17) is 0 Å². The maximum absolute atomic E-state index is 13.4. The van der Waals surface area contributed by atoms with Gasteiger partial charge >= 0.3 is 6.03 Å². The van der Waals surface area contributed by atoms with E-state index in [-0.39, 0.29) is 6.03 Å². The number of hydrogen-bond donors (Lipinski definition) is 2. The number of benzene rings is 2. The molecule has 0 unspecified atom stereocenters. The van der Waals surface area contributed by atoms with Crippen LogP contribution in [0.4, 0.5) is 10.5 Å². The quantitative estimate of drug-likeness (QED) is 0.421. The van der Waals surface area contributed by atoms with Crippen LogP contribution >= 0.6 is 0 Å². The van der Waals surface area contributed by atoms with Crippen molar-refractivity contribution in [1.82, 2.24) is 10.2 Å². The van der Waals surface area contributed by atoms with Crippen molar-refractivity contribution in [3.05, 3.63) is 71.3 Å². The molecule has 1 saturated heterocycles. The zero-order valence-corrected chi connectivity index (χ0v) is 19.8. The Morgan fingerprint density at radius 3 is 2.47 bits per heavy atom. The first-order valence-corrected chi connectivity index (χ1v) is 12.2. The third kappa shape index (κ3) is 8.16. The van der Waals surface area contributed by atoms with Gasteiger partial charge in [-0.3, -0.25) is 0 Å². The second kappa shape index (κ2) is 13.1. The Morgan fingerprint density at radius 1 is 1.06 bits per heavy atom. The molecule has 2 aromatic carbocycles. The van der Waals surface area contributed by atoms with E-state index in [1.165, 1.54) is 29.5 Å². The van der Waals surface area contributed by atoms with E-state index in [9.17, 15) is 4.79 Å². The van der Waals surface area contributed by atoms with Crippen LogP contribution in [0.3, 0.4) is 0 Å². The predicted molar refractivity (Wildman–Crippen MR) is 136 cm³/mol. The molecule has 0 radical (unpaired) electrons. The van der Waals surface area contributed by atoms with Gasteiger partial charge in [-0.15, -0.1) is 0 Å². The number of rotatable bonds is 10. The maximum Gasteiger partial charge on any atom is 0.322 e. The Kier molecular flexibility index (Phi) is 9.83. The summed E-state index contributed by atoms with van der Waals surface area (Å²) in [5.74, 6) is 0.550. The van der Waals surface area contributed by atoms with Crippen molar-refractivity contribution in [1.29, 1.82) is 0 Å². The number of anilines is 1. The number of piperidine rings is 1. The van der Waals surface area contributed by atoms with Gasteiger partial charge in [-0.05, 0) is 69.3 Å². The standard InChI is InChI=1S/C28H39N3O/c1-3-4-6-11-26(20-24-9-7-5-8-10-24)22-31(21-25-16-18-29-19-17-25)28(32)30-27-14-12-23(2)13-15-27/h5,7-10,12-15,20,25,29H,3-4,6,11,16-19,21-22H2,1-2H3,(H,30,32)/b26-20+. The minimum atomic E-state index is 0.00170. The lowest BCUT2D eigenvalue weighted by Gasteiger charge is -2.31. The minimum absolute atomic E-state index is 0.00170. The second-order valence-corrected chi connectivity index (χ2v) is 9.04. The van der Waals surface area contributed by atoms with Gasteiger partial charge in [0.25, 0.3) is 0 Å². The molecule has 1 heterocycles. The van der Waals surface area contributed by atoms with E-state index in [1.54, 1.807) is 0 Å². The zero-order chi connectivity index (χ0) is 22.6. The molecule has 2 aromatic rings. The van der Waals surface area contributed by atoms with Gasteiger partial charge in [0.15, 0.2) is 0 Å². The first-order valence-electron chi connectivity index (χ1n) is 12.2. The van der Waals surface area contributed by atoms with E-state index in [1.807, 2.05) is 35.2 Å². The van der Waals surface area contributed by atoms with E-state index in [2.05, 4.69) is 54.8 Å². The molecular formula is C28H39N3O. The average molecular weight is 434 g/mol. The third-order valence-corrected chi connectivity index (χ3v) is 6.19. The highest BCUT2D eigenvalue weighted by molar-refractivity contribution is 5.89. The number of urea groups is 1. The number of amides is 2. The molecule has 1 aliphatic heterocycles. The van der Waals surface area contributed by atoms with Gasteiger partial charge < -0.3 is 15.5 Å². The Hall–Kier alpha value is -2.59. The molecule has 4 heteroatoms. The van der Waals surface area contributed by atoms with E-state index >= 15 is 0 Å². The molecule has 0 spiro atoms. The highest BCUT2D eigenvalue weighted by Crippen LogP contribution is 2.20. The number of hydrogen-bond acceptors (Lipinski definition) is 2. The Bertz CT molecular complexity index is 839. The summed E-state index contributed by atoms with van der Waals surface area (Å²) in [4.78, 5) is 15.4. The van der Waals surface area contributed by atoms with Crippen molar-refractivity contribution in [2.75, 3.05) is 31.5 Å². The van der Waals surface area contributed by atoms with Crippen LogP contribution in [0.1, 0.15) is 56.6 Å². The van der Waals surface area contributed by atoms with Crippen molar-refractivity contribution in [2.24, 2.45) is 5.92 Å². The van der Waals surface area contributed by atoms with Crippen molar-refractivity contribution >= 4 is 17.8 Å². The summed E-state index contributed by atoms with van der Waals surface area (Å²) in [6, 6.07) is 18.5. The fraction of sp³-hybridized carbons (Fsp3) is 0.464. The van der Waals surface area contributed by atoms with Crippen LogP contribution in [-0.2, 0) is 0 Å². The smallest absolute Gasteiger partial charge is 0.320 e. The average Bonchev–Trinajstić information content (AvgIpc) is 2.81. The topological polar surface area (TPSA) is 44.4 Å². The number of aryl methyl sites for hydroxylation is 1. The largest absolute Gasteiger partial charge is 0.322 e. The van der Waals surface area contributed by atoms with Crippen LogP contribution < -0.4 is 10.6 Å². The molecule has 4 nitrogen and oxygen atoms in total. The molecule has 172 valence electrons. The van der Waals surface area contributed by atoms with Gasteiger partial charge in [-0.2, -0.15) is 0 Å². The highest BCUT2D eigenvalue weighted by atomic mass is 16.2. The first kappa shape index (κ1) is 24.1. The van der Waals surface area contributed by atoms with Crippen LogP contribution in [0.15, 0.2) is 60.2 Å². The van der Waals surface area contributed by atoms with E-state index in [0.29, 0.717) is 12.5 Å². The summed E-state index contributed by atoms with van der Waals surface area (Å²) in [6.45, 7) is 7.87. The summed E-state index contributed by atoms with van der Waals surface area (Å²) in [5, 5.41) is 6.58. The monoisotopic (exact) mass is 433 g/mol. The summed E-state index contributed by atoms with van der Waals surface area (Å²) in [6.07, 6.45) is 9.15. The van der Waals surface area contributed by atoms with Gasteiger partial charge in [-0.25, -0.2) is 4.79 Å².